The summed E-state index contributed by atoms with van der Waals surface area (Å²) in [5.74, 6) is -1.02. The zero-order chi connectivity index (χ0) is 32.3. The molecule has 11 N–H and O–H groups in total. The average Bonchev–Trinajstić information content (AvgIpc) is 2.97. The van der Waals surface area contributed by atoms with Crippen LogP contribution in [0.1, 0.15) is 99.3 Å². The Morgan fingerprint density at radius 2 is 1.07 bits per heavy atom. The fourth-order valence-electron chi connectivity index (χ4n) is 3.86. The van der Waals surface area contributed by atoms with Crippen LogP contribution in [-0.2, 0) is 9.59 Å². The van der Waals surface area contributed by atoms with Gasteiger partial charge in [-0.2, -0.15) is 0 Å². The highest BCUT2D eigenvalue weighted by Crippen LogP contribution is 2.15. The van der Waals surface area contributed by atoms with Gasteiger partial charge in [0.15, 0.2) is 12.2 Å². The second-order valence-electron chi connectivity index (χ2n) is 11.8. The molecule has 0 unspecified atom stereocenters. The molecule has 0 aliphatic carbocycles. The number of carbonyl (C=O) groups is 2. The Morgan fingerprint density at radius 1 is 0.643 bits per heavy atom. The number of unbranched alkanes of at least 4 members (excludes halogenated alkanes) is 3. The number of hydrogen-bond donors (Lipinski definition) is 11. The Hall–Kier alpha value is -2.32. The van der Waals surface area contributed by atoms with Crippen molar-refractivity contribution >= 4 is 23.5 Å². The Morgan fingerprint density at radius 3 is 1.52 bits per heavy atom. The van der Waals surface area contributed by atoms with Gasteiger partial charge in [-0.05, 0) is 52.9 Å². The summed E-state index contributed by atoms with van der Waals surface area (Å²) in [4.78, 5) is 24.4. The quantitative estimate of drug-likeness (QED) is 0.0445. The third-order valence-corrected chi connectivity index (χ3v) is 7.84. The van der Waals surface area contributed by atoms with Crippen molar-refractivity contribution in [1.29, 1.82) is 10.8 Å². The predicted molar refractivity (Wildman–Crippen MR) is 166 cm³/mol. The number of rotatable bonds is 23. The first-order valence-electron chi connectivity index (χ1n) is 15.3. The van der Waals surface area contributed by atoms with Crippen molar-refractivity contribution in [3.63, 3.8) is 0 Å². The molecular formula is C29H59N7O6. The zero-order valence-corrected chi connectivity index (χ0v) is 26.6. The van der Waals surface area contributed by atoms with E-state index in [0.717, 1.165) is 45.2 Å². The predicted octanol–water partition coefficient (Wildman–Crippen LogP) is 0.494. The van der Waals surface area contributed by atoms with Gasteiger partial charge in [0, 0.05) is 50.1 Å². The molecule has 0 aliphatic heterocycles. The highest BCUT2D eigenvalue weighted by Gasteiger charge is 2.38. The maximum atomic E-state index is 12.3. The summed E-state index contributed by atoms with van der Waals surface area (Å²) in [5, 5.41) is 71.0. The van der Waals surface area contributed by atoms with Crippen LogP contribution in [0.15, 0.2) is 0 Å². The van der Waals surface area contributed by atoms with E-state index in [0.29, 0.717) is 37.4 Å². The van der Waals surface area contributed by atoms with Crippen LogP contribution < -0.4 is 26.6 Å². The molecule has 42 heavy (non-hydrogen) atoms. The van der Waals surface area contributed by atoms with Gasteiger partial charge in [-0.15, -0.1) is 0 Å². The van der Waals surface area contributed by atoms with Crippen LogP contribution in [0, 0.1) is 10.8 Å². The van der Waals surface area contributed by atoms with E-state index in [-0.39, 0.29) is 18.6 Å². The number of amidine groups is 2. The summed E-state index contributed by atoms with van der Waals surface area (Å²) in [6.07, 6.45) is -1.16. The van der Waals surface area contributed by atoms with Crippen LogP contribution in [-0.4, -0.2) is 106 Å². The fraction of sp³-hybridized carbons (Fsp3) is 0.862. The summed E-state index contributed by atoms with van der Waals surface area (Å²) in [7, 11) is 0. The third kappa shape index (κ3) is 16.4. The lowest BCUT2D eigenvalue weighted by molar-refractivity contribution is -0.156. The molecule has 0 aromatic rings. The molecule has 13 heteroatoms. The molecule has 0 rings (SSSR count). The largest absolute Gasteiger partial charge is 0.387 e. The Bertz CT molecular complexity index is 822. The van der Waals surface area contributed by atoms with Crippen LogP contribution in [0.25, 0.3) is 0 Å². The SMILES string of the molecule is CCC(C)(C)NCCNC(=N)CCCCCCC(=N)NCCNC(=O)[C@H](O)[C@@H](O)[C@@H](O)[C@H](O)C(=O)NC(C)(CC)CC. The van der Waals surface area contributed by atoms with Crippen molar-refractivity contribution in [3.8, 4) is 0 Å². The summed E-state index contributed by atoms with van der Waals surface area (Å²) in [6.45, 7) is 13.8. The van der Waals surface area contributed by atoms with E-state index in [2.05, 4.69) is 47.4 Å². The van der Waals surface area contributed by atoms with Crippen molar-refractivity contribution in [3.05, 3.63) is 0 Å². The van der Waals surface area contributed by atoms with Gasteiger partial charge < -0.3 is 47.0 Å². The Balaban J connectivity index is 4.09. The van der Waals surface area contributed by atoms with E-state index in [9.17, 15) is 30.0 Å². The molecular weight excluding hydrogens is 542 g/mol. The van der Waals surface area contributed by atoms with E-state index in [1.807, 2.05) is 13.8 Å². The van der Waals surface area contributed by atoms with Crippen molar-refractivity contribution < 1.29 is 30.0 Å². The van der Waals surface area contributed by atoms with Crippen molar-refractivity contribution in [1.82, 2.24) is 26.6 Å². The Kier molecular flexibility index (Phi) is 19.4. The molecule has 13 nitrogen and oxygen atoms in total. The van der Waals surface area contributed by atoms with Crippen LogP contribution >= 0.6 is 0 Å². The number of nitrogens with one attached hydrogen (secondary N) is 7. The van der Waals surface area contributed by atoms with E-state index in [4.69, 9.17) is 10.8 Å². The van der Waals surface area contributed by atoms with Gasteiger partial charge in [-0.3, -0.25) is 20.4 Å². The highest BCUT2D eigenvalue weighted by molar-refractivity contribution is 5.83. The average molecular weight is 602 g/mol. The van der Waals surface area contributed by atoms with Gasteiger partial charge >= 0.3 is 0 Å². The molecule has 0 aromatic carbocycles. The van der Waals surface area contributed by atoms with E-state index < -0.39 is 41.8 Å². The van der Waals surface area contributed by atoms with Crippen LogP contribution in [0.2, 0.25) is 0 Å². The monoisotopic (exact) mass is 601 g/mol. The topological polar surface area (TPSA) is 223 Å². The molecule has 0 heterocycles. The third-order valence-electron chi connectivity index (χ3n) is 7.84. The minimum atomic E-state index is -2.08. The molecule has 0 fully saturated rings. The standard InChI is InChI=1S/C29H59N7O6/c1-7-28(4,5)35-19-18-33-21(31)15-13-11-10-12-14-20(30)32-16-17-34-26(41)24(39)22(37)23(38)25(40)27(42)36-29(6,8-2)9-3/h22-25,35,37-40H,7-19H2,1-6H3,(H2,30,32)(H2,31,33)(H,34,41)(H,36,42)/t22-,23+,24+,25-/m0/s1. The van der Waals surface area contributed by atoms with Gasteiger partial charge in [0.1, 0.15) is 12.2 Å². The number of amides is 2. The Labute approximate surface area is 252 Å². The van der Waals surface area contributed by atoms with Crippen molar-refractivity contribution in [2.75, 3.05) is 26.2 Å². The van der Waals surface area contributed by atoms with E-state index >= 15 is 0 Å². The first kappa shape index (κ1) is 39.7. The molecule has 0 spiro atoms. The molecule has 0 aliphatic rings. The van der Waals surface area contributed by atoms with Gasteiger partial charge in [-0.25, -0.2) is 0 Å². The lowest BCUT2D eigenvalue weighted by Gasteiger charge is -2.31. The first-order chi connectivity index (χ1) is 19.6. The zero-order valence-electron chi connectivity index (χ0n) is 26.6. The van der Waals surface area contributed by atoms with E-state index in [1.165, 1.54) is 0 Å². The fourth-order valence-corrected chi connectivity index (χ4v) is 3.86. The minimum absolute atomic E-state index is 0.0516. The number of aliphatic hydroxyl groups excluding tert-OH is 4. The molecule has 4 atom stereocenters. The second kappa shape index (κ2) is 20.6. The van der Waals surface area contributed by atoms with E-state index in [1.54, 1.807) is 6.92 Å². The molecule has 0 aromatic heterocycles. The number of carbonyl (C=O) groups excluding carboxylic acids is 2. The van der Waals surface area contributed by atoms with Crippen molar-refractivity contribution in [2.45, 2.75) is 135 Å². The van der Waals surface area contributed by atoms with Crippen molar-refractivity contribution in [2.24, 2.45) is 0 Å². The normalized spacial score (nSPS) is 14.8. The van der Waals surface area contributed by atoms with Gasteiger partial charge in [-0.1, -0.05) is 33.6 Å². The maximum absolute atomic E-state index is 12.3. The highest BCUT2D eigenvalue weighted by atomic mass is 16.4. The maximum Gasteiger partial charge on any atom is 0.252 e. The summed E-state index contributed by atoms with van der Waals surface area (Å²) in [5.41, 5.74) is -0.500. The molecule has 2 amide bonds. The van der Waals surface area contributed by atoms with Crippen LogP contribution in [0.5, 0.6) is 0 Å². The summed E-state index contributed by atoms with van der Waals surface area (Å²) < 4.78 is 0. The van der Waals surface area contributed by atoms with Gasteiger partial charge in [0.25, 0.3) is 11.8 Å². The smallest absolute Gasteiger partial charge is 0.252 e. The van der Waals surface area contributed by atoms with Crippen LogP contribution in [0.4, 0.5) is 0 Å². The summed E-state index contributed by atoms with van der Waals surface area (Å²) >= 11 is 0. The first-order valence-corrected chi connectivity index (χ1v) is 15.3. The van der Waals surface area contributed by atoms with Gasteiger partial charge in [0.2, 0.25) is 0 Å². The lowest BCUT2D eigenvalue weighted by atomic mass is 9.94. The molecule has 246 valence electrons. The summed E-state index contributed by atoms with van der Waals surface area (Å²) in [6, 6.07) is 0. The number of aliphatic hydroxyl groups is 4. The minimum Gasteiger partial charge on any atom is -0.387 e. The number of hydrogen-bond acceptors (Lipinski definition) is 9. The second-order valence-corrected chi connectivity index (χ2v) is 11.8. The van der Waals surface area contributed by atoms with Gasteiger partial charge in [0.05, 0.1) is 11.7 Å². The van der Waals surface area contributed by atoms with Crippen LogP contribution in [0.3, 0.4) is 0 Å². The lowest BCUT2D eigenvalue weighted by Crippen LogP contribution is -2.57. The molecule has 0 radical (unpaired) electrons. The molecule has 0 saturated heterocycles. The molecule has 0 saturated carbocycles. The molecule has 0 bridgehead atoms.